The second-order valence-electron chi connectivity index (χ2n) is 7.55. The van der Waals surface area contributed by atoms with Gasteiger partial charge in [-0.2, -0.15) is 5.26 Å². The van der Waals surface area contributed by atoms with Crippen LogP contribution in [0.3, 0.4) is 0 Å². The normalized spacial score (nSPS) is 15.2. The average Bonchev–Trinajstić information content (AvgIpc) is 3.22. The third kappa shape index (κ3) is 4.07. The lowest BCUT2D eigenvalue weighted by Gasteiger charge is -2.11. The maximum absolute atomic E-state index is 12.9. The summed E-state index contributed by atoms with van der Waals surface area (Å²) >= 11 is 0.977. The monoisotopic (exact) mass is 445 g/mol. The van der Waals surface area contributed by atoms with Crippen LogP contribution in [0.1, 0.15) is 28.8 Å². The van der Waals surface area contributed by atoms with Crippen LogP contribution in [0.25, 0.3) is 17.0 Å². The van der Waals surface area contributed by atoms with Gasteiger partial charge in [-0.15, -0.1) is 0 Å². The van der Waals surface area contributed by atoms with Crippen molar-refractivity contribution in [1.82, 2.24) is 9.47 Å². The summed E-state index contributed by atoms with van der Waals surface area (Å²) in [5.41, 5.74) is 4.48. The van der Waals surface area contributed by atoms with Crippen LogP contribution in [0.2, 0.25) is 0 Å². The zero-order valence-electron chi connectivity index (χ0n) is 18.0. The minimum absolute atomic E-state index is 0.248. The number of thioether (sulfide) groups is 1. The van der Waals surface area contributed by atoms with E-state index in [0.29, 0.717) is 36.6 Å². The molecule has 32 heavy (non-hydrogen) atoms. The second-order valence-corrected chi connectivity index (χ2v) is 8.54. The molecule has 4 rings (SSSR count). The molecule has 0 saturated carbocycles. The number of carbonyl (C=O) groups is 2. The molecule has 1 aromatic heterocycles. The fourth-order valence-corrected chi connectivity index (χ4v) is 4.82. The summed E-state index contributed by atoms with van der Waals surface area (Å²) < 4.78 is 7.19. The minimum atomic E-state index is -0.262. The molecule has 7 heteroatoms. The van der Waals surface area contributed by atoms with Gasteiger partial charge in [0.1, 0.15) is 0 Å². The number of hydrogen-bond acceptors (Lipinski definition) is 5. The van der Waals surface area contributed by atoms with Crippen LogP contribution in [0.15, 0.2) is 53.4 Å². The summed E-state index contributed by atoms with van der Waals surface area (Å²) in [5.74, 6) is -0.262. The highest BCUT2D eigenvalue weighted by Gasteiger charge is 2.35. The molecule has 1 aliphatic heterocycles. The Balaban J connectivity index is 1.73. The van der Waals surface area contributed by atoms with Crippen molar-refractivity contribution in [3.8, 4) is 6.07 Å². The largest absolute Gasteiger partial charge is 0.385 e. The maximum Gasteiger partial charge on any atom is 0.293 e. The fourth-order valence-electron chi connectivity index (χ4n) is 3.97. The lowest BCUT2D eigenvalue weighted by molar-refractivity contribution is -0.122. The zero-order chi connectivity index (χ0) is 22.7. The first-order chi connectivity index (χ1) is 15.5. The molecule has 1 fully saturated rings. The number of methoxy groups -OCH3 is 1. The Bertz CT molecular complexity index is 1270. The number of para-hydroxylation sites is 1. The van der Waals surface area contributed by atoms with E-state index in [1.807, 2.05) is 61.5 Å². The molecule has 2 amide bonds. The number of carbonyl (C=O) groups excluding carboxylic acids is 2. The molecule has 0 spiro atoms. The van der Waals surface area contributed by atoms with Crippen LogP contribution in [0, 0.1) is 18.3 Å². The number of ether oxygens (including phenoxy) is 1. The first-order valence-electron chi connectivity index (χ1n) is 10.3. The lowest BCUT2D eigenvalue weighted by atomic mass is 10.1. The van der Waals surface area contributed by atoms with Gasteiger partial charge in [-0.1, -0.05) is 36.4 Å². The van der Waals surface area contributed by atoms with E-state index in [-0.39, 0.29) is 11.1 Å². The van der Waals surface area contributed by atoms with Crippen LogP contribution >= 0.6 is 11.8 Å². The van der Waals surface area contributed by atoms with Crippen LogP contribution in [-0.4, -0.2) is 40.9 Å². The smallest absolute Gasteiger partial charge is 0.293 e. The molecular formula is C25H23N3O3S. The number of hydrogen-bond donors (Lipinski definition) is 0. The summed E-state index contributed by atoms with van der Waals surface area (Å²) in [6.45, 7) is 3.39. The summed E-state index contributed by atoms with van der Waals surface area (Å²) in [6, 6.07) is 17.8. The molecule has 0 atom stereocenters. The van der Waals surface area contributed by atoms with Crippen molar-refractivity contribution in [2.24, 2.45) is 0 Å². The third-order valence-corrected chi connectivity index (χ3v) is 6.53. The number of nitriles is 1. The number of rotatable bonds is 7. The molecule has 0 bridgehead atoms. The Labute approximate surface area is 191 Å². The summed E-state index contributed by atoms with van der Waals surface area (Å²) in [7, 11) is 1.60. The van der Waals surface area contributed by atoms with Crippen molar-refractivity contribution >= 4 is 39.9 Å². The van der Waals surface area contributed by atoms with Gasteiger partial charge in [0.2, 0.25) is 0 Å². The van der Waals surface area contributed by atoms with Gasteiger partial charge < -0.3 is 9.30 Å². The van der Waals surface area contributed by atoms with Crippen LogP contribution in [0.4, 0.5) is 4.79 Å². The number of amides is 2. The van der Waals surface area contributed by atoms with E-state index < -0.39 is 0 Å². The van der Waals surface area contributed by atoms with Crippen LogP contribution in [-0.2, 0) is 16.1 Å². The predicted octanol–water partition coefficient (Wildman–Crippen LogP) is 4.94. The topological polar surface area (TPSA) is 75.3 Å². The highest BCUT2D eigenvalue weighted by Crippen LogP contribution is 2.36. The fraction of sp³-hybridized carbons (Fsp3) is 0.240. The molecule has 1 aliphatic rings. The Morgan fingerprint density at radius 2 is 1.88 bits per heavy atom. The summed E-state index contributed by atoms with van der Waals surface area (Å²) in [6.07, 6.45) is 2.43. The number of fused-ring (bicyclic) bond motifs is 1. The SMILES string of the molecule is COCCCN1C(=O)S/C(=C/c2c(C)n(Cc3ccccc3C#N)c3ccccc23)C1=O. The van der Waals surface area contributed by atoms with Crippen LogP contribution < -0.4 is 0 Å². The number of benzene rings is 2. The van der Waals surface area contributed by atoms with Gasteiger partial charge in [-0.05, 0) is 48.9 Å². The van der Waals surface area contributed by atoms with Crippen molar-refractivity contribution in [2.45, 2.75) is 19.9 Å². The van der Waals surface area contributed by atoms with E-state index in [1.165, 1.54) is 4.90 Å². The molecular weight excluding hydrogens is 422 g/mol. The van der Waals surface area contributed by atoms with E-state index in [9.17, 15) is 14.9 Å². The Morgan fingerprint density at radius 3 is 2.66 bits per heavy atom. The predicted molar refractivity (Wildman–Crippen MR) is 126 cm³/mol. The highest BCUT2D eigenvalue weighted by atomic mass is 32.2. The van der Waals surface area contributed by atoms with E-state index in [2.05, 4.69) is 10.6 Å². The summed E-state index contributed by atoms with van der Waals surface area (Å²) in [4.78, 5) is 27.0. The Morgan fingerprint density at radius 1 is 1.12 bits per heavy atom. The Hall–Kier alpha value is -3.34. The van der Waals surface area contributed by atoms with Gasteiger partial charge in [0.25, 0.3) is 11.1 Å². The van der Waals surface area contributed by atoms with Crippen molar-refractivity contribution in [3.63, 3.8) is 0 Å². The molecule has 0 aliphatic carbocycles. The Kier molecular flexibility index (Phi) is 6.45. The van der Waals surface area contributed by atoms with Gasteiger partial charge >= 0.3 is 0 Å². The van der Waals surface area contributed by atoms with Gasteiger partial charge in [0.05, 0.1) is 16.5 Å². The van der Waals surface area contributed by atoms with Crippen molar-refractivity contribution in [1.29, 1.82) is 5.26 Å². The van der Waals surface area contributed by atoms with Crippen LogP contribution in [0.5, 0.6) is 0 Å². The second kappa shape index (κ2) is 9.43. The summed E-state index contributed by atoms with van der Waals surface area (Å²) in [5, 5.41) is 10.2. The van der Waals surface area contributed by atoms with E-state index >= 15 is 0 Å². The molecule has 1 saturated heterocycles. The lowest BCUT2D eigenvalue weighted by Crippen LogP contribution is -2.29. The maximum atomic E-state index is 12.9. The van der Waals surface area contributed by atoms with Gasteiger partial charge in [-0.25, -0.2) is 0 Å². The molecule has 0 unspecified atom stereocenters. The number of imide groups is 1. The van der Waals surface area contributed by atoms with Crippen molar-refractivity contribution in [3.05, 3.63) is 75.8 Å². The van der Waals surface area contributed by atoms with E-state index in [4.69, 9.17) is 4.74 Å². The molecule has 3 aromatic rings. The average molecular weight is 446 g/mol. The van der Waals surface area contributed by atoms with E-state index in [0.717, 1.165) is 39.5 Å². The first kappa shape index (κ1) is 21.9. The number of aromatic nitrogens is 1. The molecule has 162 valence electrons. The minimum Gasteiger partial charge on any atom is -0.385 e. The van der Waals surface area contributed by atoms with Gasteiger partial charge in [0, 0.05) is 49.0 Å². The van der Waals surface area contributed by atoms with Gasteiger partial charge in [0.15, 0.2) is 0 Å². The first-order valence-corrected chi connectivity index (χ1v) is 11.2. The third-order valence-electron chi connectivity index (χ3n) is 5.63. The number of nitrogens with zero attached hydrogens (tertiary/aromatic N) is 3. The van der Waals surface area contributed by atoms with Crippen molar-refractivity contribution in [2.75, 3.05) is 20.3 Å². The molecule has 0 radical (unpaired) electrons. The molecule has 2 aromatic carbocycles. The molecule has 2 heterocycles. The molecule has 6 nitrogen and oxygen atoms in total. The molecule has 0 N–H and O–H groups in total. The standard InChI is InChI=1S/C25H23N3O3S/c1-17-21(14-23-24(29)27(25(30)32-23)12-7-13-31-2)20-10-5-6-11-22(20)28(17)16-19-9-4-3-8-18(19)15-26/h3-6,8-11,14H,7,12-13,16H2,1-2H3/b23-14+. The zero-order valence-corrected chi connectivity index (χ0v) is 18.8. The van der Waals surface area contributed by atoms with E-state index in [1.54, 1.807) is 7.11 Å². The quantitative estimate of drug-likeness (QED) is 0.380. The van der Waals surface area contributed by atoms with Gasteiger partial charge in [-0.3, -0.25) is 14.5 Å². The highest BCUT2D eigenvalue weighted by molar-refractivity contribution is 8.18. The van der Waals surface area contributed by atoms with Crippen molar-refractivity contribution < 1.29 is 14.3 Å².